The molecule has 0 saturated heterocycles. The highest BCUT2D eigenvalue weighted by atomic mass is 32.2. The van der Waals surface area contributed by atoms with Crippen LogP contribution in [0.4, 0.5) is 0 Å². The number of methoxy groups -OCH3 is 1. The third-order valence-electron chi connectivity index (χ3n) is 1.28. The molecule has 0 saturated carbocycles. The van der Waals surface area contributed by atoms with Crippen molar-refractivity contribution >= 4 is 11.9 Å². The molecule has 0 aromatic carbocycles. The molecule has 0 aromatic rings. The zero-order valence-corrected chi connectivity index (χ0v) is 7.91. The maximum atomic E-state index is 4.97. The zero-order chi connectivity index (χ0) is 7.82. The smallest absolute Gasteiger partial charge is 0.0599 e. The van der Waals surface area contributed by atoms with Gasteiger partial charge in [0.05, 0.1) is 6.61 Å². The quantitative estimate of drug-likeness (QED) is 0.552. The molecular formula is C7H17NOS. The van der Waals surface area contributed by atoms with Crippen molar-refractivity contribution in [3.63, 3.8) is 0 Å². The van der Waals surface area contributed by atoms with Crippen LogP contribution in [0.15, 0.2) is 0 Å². The van der Waals surface area contributed by atoms with Crippen LogP contribution >= 0.6 is 11.9 Å². The van der Waals surface area contributed by atoms with Crippen molar-refractivity contribution in [3.8, 4) is 0 Å². The van der Waals surface area contributed by atoms with Gasteiger partial charge in [0.15, 0.2) is 0 Å². The Morgan fingerprint density at radius 3 is 2.50 bits per heavy atom. The summed E-state index contributed by atoms with van der Waals surface area (Å²) in [5.41, 5.74) is 0. The van der Waals surface area contributed by atoms with E-state index in [1.54, 1.807) is 19.1 Å². The molecule has 62 valence electrons. The van der Waals surface area contributed by atoms with E-state index in [1.807, 2.05) is 0 Å². The van der Waals surface area contributed by atoms with E-state index in [-0.39, 0.29) is 0 Å². The molecule has 2 nitrogen and oxygen atoms in total. The molecule has 0 atom stereocenters. The molecule has 0 aromatic heterocycles. The van der Waals surface area contributed by atoms with Gasteiger partial charge in [0, 0.05) is 20.2 Å². The van der Waals surface area contributed by atoms with Gasteiger partial charge in [0.25, 0.3) is 0 Å². The second-order valence-corrected chi connectivity index (χ2v) is 2.99. The summed E-state index contributed by atoms with van der Waals surface area (Å²) in [5.74, 6) is 0. The largest absolute Gasteiger partial charge is 0.383 e. The first-order valence-corrected chi connectivity index (χ1v) is 4.81. The van der Waals surface area contributed by atoms with Crippen molar-refractivity contribution in [1.82, 2.24) is 4.31 Å². The highest BCUT2D eigenvalue weighted by Crippen LogP contribution is 2.04. The van der Waals surface area contributed by atoms with Crippen LogP contribution in [-0.4, -0.2) is 37.4 Å². The van der Waals surface area contributed by atoms with Gasteiger partial charge in [0.1, 0.15) is 0 Å². The predicted molar refractivity (Wildman–Crippen MR) is 47.3 cm³/mol. The fraction of sp³-hybridized carbons (Fsp3) is 1.00. The van der Waals surface area contributed by atoms with Crippen LogP contribution in [0.5, 0.6) is 0 Å². The van der Waals surface area contributed by atoms with Crippen LogP contribution in [0.3, 0.4) is 0 Å². The van der Waals surface area contributed by atoms with Crippen LogP contribution < -0.4 is 0 Å². The molecule has 10 heavy (non-hydrogen) atoms. The van der Waals surface area contributed by atoms with Gasteiger partial charge in [-0.2, -0.15) is 0 Å². The zero-order valence-electron chi connectivity index (χ0n) is 7.09. The second kappa shape index (κ2) is 7.38. The van der Waals surface area contributed by atoms with E-state index in [0.717, 1.165) is 19.7 Å². The first-order chi connectivity index (χ1) is 4.85. The maximum absolute atomic E-state index is 4.97. The van der Waals surface area contributed by atoms with Crippen molar-refractivity contribution in [2.75, 3.05) is 33.1 Å². The summed E-state index contributed by atoms with van der Waals surface area (Å²) in [7, 11) is 1.74. The van der Waals surface area contributed by atoms with Crippen LogP contribution in [0, 0.1) is 0 Å². The Bertz CT molecular complexity index is 70.6. The van der Waals surface area contributed by atoms with Crippen molar-refractivity contribution in [2.45, 2.75) is 13.3 Å². The van der Waals surface area contributed by atoms with E-state index >= 15 is 0 Å². The van der Waals surface area contributed by atoms with Gasteiger partial charge >= 0.3 is 0 Å². The first-order valence-electron chi connectivity index (χ1n) is 3.63. The SMILES string of the molecule is CCCN(CCOC)SC. The molecule has 0 aliphatic heterocycles. The Morgan fingerprint density at radius 2 is 2.10 bits per heavy atom. The molecule has 0 aliphatic carbocycles. The van der Waals surface area contributed by atoms with Crippen LogP contribution in [0.1, 0.15) is 13.3 Å². The lowest BCUT2D eigenvalue weighted by molar-refractivity contribution is 0.182. The highest BCUT2D eigenvalue weighted by molar-refractivity contribution is 7.96. The van der Waals surface area contributed by atoms with Crippen molar-refractivity contribution in [1.29, 1.82) is 0 Å². The molecule has 0 bridgehead atoms. The monoisotopic (exact) mass is 163 g/mol. The number of ether oxygens (including phenoxy) is 1. The molecule has 0 heterocycles. The van der Waals surface area contributed by atoms with E-state index in [9.17, 15) is 0 Å². The standard InChI is InChI=1S/C7H17NOS/c1-4-5-8(10-3)6-7-9-2/h4-7H2,1-3H3. The fourth-order valence-corrected chi connectivity index (χ4v) is 1.36. The molecule has 0 unspecified atom stereocenters. The molecule has 0 amide bonds. The van der Waals surface area contributed by atoms with Gasteiger partial charge in [-0.15, -0.1) is 0 Å². The minimum absolute atomic E-state index is 0.834. The summed E-state index contributed by atoms with van der Waals surface area (Å²) >= 11 is 1.79. The Balaban J connectivity index is 3.21. The van der Waals surface area contributed by atoms with E-state index in [2.05, 4.69) is 17.5 Å². The van der Waals surface area contributed by atoms with Crippen LogP contribution in [0.2, 0.25) is 0 Å². The number of nitrogens with zero attached hydrogens (tertiary/aromatic N) is 1. The van der Waals surface area contributed by atoms with E-state index in [0.29, 0.717) is 0 Å². The topological polar surface area (TPSA) is 12.5 Å². The molecule has 0 fully saturated rings. The van der Waals surface area contributed by atoms with E-state index < -0.39 is 0 Å². The summed E-state index contributed by atoms with van der Waals surface area (Å²) in [6.45, 7) is 5.22. The Hall–Kier alpha value is 0.270. The predicted octanol–water partition coefficient (Wildman–Crippen LogP) is 1.62. The van der Waals surface area contributed by atoms with Crippen LogP contribution in [0.25, 0.3) is 0 Å². The minimum atomic E-state index is 0.834. The first kappa shape index (κ1) is 10.3. The average molecular weight is 163 g/mol. The summed E-state index contributed by atoms with van der Waals surface area (Å²) < 4.78 is 7.27. The third kappa shape index (κ3) is 5.09. The van der Waals surface area contributed by atoms with Gasteiger partial charge in [-0.3, -0.25) is 0 Å². The van der Waals surface area contributed by atoms with Crippen LogP contribution in [-0.2, 0) is 4.74 Å². The molecule has 0 radical (unpaired) electrons. The molecule has 0 spiro atoms. The number of hydrogen-bond acceptors (Lipinski definition) is 3. The normalized spacial score (nSPS) is 10.8. The molecule has 0 N–H and O–H groups in total. The summed E-state index contributed by atoms with van der Waals surface area (Å²) in [6.07, 6.45) is 3.32. The fourth-order valence-electron chi connectivity index (χ4n) is 0.737. The van der Waals surface area contributed by atoms with Crippen molar-refractivity contribution in [2.24, 2.45) is 0 Å². The third-order valence-corrected chi connectivity index (χ3v) is 2.16. The maximum Gasteiger partial charge on any atom is 0.0599 e. The summed E-state index contributed by atoms with van der Waals surface area (Å²) in [4.78, 5) is 0. The van der Waals surface area contributed by atoms with Crippen molar-refractivity contribution < 1.29 is 4.74 Å². The average Bonchev–Trinajstić information content (AvgIpc) is 1.98. The van der Waals surface area contributed by atoms with Gasteiger partial charge in [-0.1, -0.05) is 18.9 Å². The number of hydrogen-bond donors (Lipinski definition) is 0. The Morgan fingerprint density at radius 1 is 1.40 bits per heavy atom. The van der Waals surface area contributed by atoms with E-state index in [4.69, 9.17) is 4.74 Å². The van der Waals surface area contributed by atoms with Gasteiger partial charge in [-0.05, 0) is 12.7 Å². The molecule has 0 rings (SSSR count). The lowest BCUT2D eigenvalue weighted by Gasteiger charge is -2.16. The van der Waals surface area contributed by atoms with Gasteiger partial charge in [0.2, 0.25) is 0 Å². The number of rotatable bonds is 6. The Kier molecular flexibility index (Phi) is 7.58. The lowest BCUT2D eigenvalue weighted by Crippen LogP contribution is -2.20. The summed E-state index contributed by atoms with van der Waals surface area (Å²) in [5, 5.41) is 0. The second-order valence-electron chi connectivity index (χ2n) is 2.10. The van der Waals surface area contributed by atoms with E-state index in [1.165, 1.54) is 6.42 Å². The molecule has 3 heteroatoms. The van der Waals surface area contributed by atoms with Gasteiger partial charge < -0.3 is 4.74 Å². The summed E-state index contributed by atoms with van der Waals surface area (Å²) in [6, 6.07) is 0. The molecular weight excluding hydrogens is 146 g/mol. The van der Waals surface area contributed by atoms with Crippen molar-refractivity contribution in [3.05, 3.63) is 0 Å². The lowest BCUT2D eigenvalue weighted by atomic mass is 10.5. The highest BCUT2D eigenvalue weighted by Gasteiger charge is 1.98. The molecule has 0 aliphatic rings. The minimum Gasteiger partial charge on any atom is -0.383 e. The van der Waals surface area contributed by atoms with Gasteiger partial charge in [-0.25, -0.2) is 4.31 Å². The Labute approximate surface area is 68.1 Å².